The Bertz CT molecular complexity index is 322. The Morgan fingerprint density at radius 1 is 1.57 bits per heavy atom. The molecule has 1 aromatic rings. The molecule has 1 unspecified atom stereocenters. The van der Waals surface area contributed by atoms with Crippen molar-refractivity contribution in [1.82, 2.24) is 0 Å². The fraction of sp³-hybridized carbons (Fsp3) is 0.455. The maximum atomic E-state index is 9.27. The van der Waals surface area contributed by atoms with Crippen molar-refractivity contribution in [2.45, 2.75) is 26.1 Å². The summed E-state index contributed by atoms with van der Waals surface area (Å²) in [7, 11) is 0. The van der Waals surface area contributed by atoms with Crippen LogP contribution in [0, 0.1) is 0 Å². The Morgan fingerprint density at radius 2 is 2.43 bits per heavy atom. The van der Waals surface area contributed by atoms with E-state index in [2.05, 4.69) is 0 Å². The van der Waals surface area contributed by atoms with E-state index in [-0.39, 0.29) is 6.29 Å². The summed E-state index contributed by atoms with van der Waals surface area (Å²) < 4.78 is 11.0. The highest BCUT2D eigenvalue weighted by atomic mass is 16.7. The Hall–Kier alpha value is -1.22. The summed E-state index contributed by atoms with van der Waals surface area (Å²) in [6, 6.07) is 5.17. The minimum Gasteiger partial charge on any atom is -0.508 e. The smallest absolute Gasteiger partial charge is 0.200 e. The topological polar surface area (TPSA) is 38.7 Å². The van der Waals surface area contributed by atoms with Crippen LogP contribution in [0.3, 0.4) is 0 Å². The van der Waals surface area contributed by atoms with Gasteiger partial charge in [-0.25, -0.2) is 0 Å². The van der Waals surface area contributed by atoms with Crippen molar-refractivity contribution >= 4 is 0 Å². The van der Waals surface area contributed by atoms with Gasteiger partial charge in [0.2, 0.25) is 0 Å². The van der Waals surface area contributed by atoms with Gasteiger partial charge in [0.15, 0.2) is 6.29 Å². The van der Waals surface area contributed by atoms with Crippen LogP contribution < -0.4 is 4.74 Å². The summed E-state index contributed by atoms with van der Waals surface area (Å²) in [6.45, 7) is 2.62. The Morgan fingerprint density at radius 3 is 3.21 bits per heavy atom. The third kappa shape index (κ3) is 1.82. The number of fused-ring (bicyclic) bond motifs is 1. The normalized spacial score (nSPS) is 19.9. The number of ether oxygens (including phenoxy) is 2. The molecule has 0 aromatic heterocycles. The highest BCUT2D eigenvalue weighted by Gasteiger charge is 2.19. The average molecular weight is 194 g/mol. The van der Waals surface area contributed by atoms with E-state index < -0.39 is 0 Å². The number of benzene rings is 1. The van der Waals surface area contributed by atoms with Crippen molar-refractivity contribution in [3.05, 3.63) is 23.8 Å². The number of phenols is 1. The molecule has 2 rings (SSSR count). The van der Waals surface area contributed by atoms with Crippen molar-refractivity contribution in [3.63, 3.8) is 0 Å². The molecular formula is C11H14O3. The van der Waals surface area contributed by atoms with E-state index in [9.17, 15) is 5.11 Å². The lowest BCUT2D eigenvalue weighted by atomic mass is 10.1. The second kappa shape index (κ2) is 3.88. The fourth-order valence-corrected chi connectivity index (χ4v) is 1.65. The van der Waals surface area contributed by atoms with Gasteiger partial charge in [-0.05, 0) is 37.1 Å². The minimum atomic E-state index is -0.128. The van der Waals surface area contributed by atoms with Gasteiger partial charge < -0.3 is 14.6 Å². The lowest BCUT2D eigenvalue weighted by Gasteiger charge is -2.25. The molecule has 3 nitrogen and oxygen atoms in total. The molecule has 0 bridgehead atoms. The van der Waals surface area contributed by atoms with Crippen molar-refractivity contribution in [2.24, 2.45) is 0 Å². The fourth-order valence-electron chi connectivity index (χ4n) is 1.65. The third-order valence-corrected chi connectivity index (χ3v) is 2.30. The van der Waals surface area contributed by atoms with Gasteiger partial charge in [0, 0.05) is 13.0 Å². The van der Waals surface area contributed by atoms with Crippen LogP contribution in [-0.2, 0) is 11.2 Å². The molecule has 1 aromatic carbocycles. The first kappa shape index (κ1) is 9.34. The van der Waals surface area contributed by atoms with Crippen molar-refractivity contribution in [1.29, 1.82) is 0 Å². The van der Waals surface area contributed by atoms with Crippen molar-refractivity contribution in [2.75, 3.05) is 6.61 Å². The van der Waals surface area contributed by atoms with E-state index in [1.807, 2.05) is 6.92 Å². The first-order valence-corrected chi connectivity index (χ1v) is 4.89. The van der Waals surface area contributed by atoms with Gasteiger partial charge in [0.25, 0.3) is 0 Å². The van der Waals surface area contributed by atoms with Crippen LogP contribution in [-0.4, -0.2) is 18.0 Å². The largest absolute Gasteiger partial charge is 0.508 e. The van der Waals surface area contributed by atoms with Crippen LogP contribution in [0.25, 0.3) is 0 Å². The van der Waals surface area contributed by atoms with E-state index in [1.54, 1.807) is 18.2 Å². The van der Waals surface area contributed by atoms with Crippen molar-refractivity contribution < 1.29 is 14.6 Å². The number of aromatic hydroxyl groups is 1. The van der Waals surface area contributed by atoms with E-state index in [0.29, 0.717) is 12.4 Å². The molecule has 76 valence electrons. The second-order valence-electron chi connectivity index (χ2n) is 3.33. The predicted octanol–water partition coefficient (Wildman–Crippen LogP) is 2.08. The lowest BCUT2D eigenvalue weighted by molar-refractivity contribution is -0.0861. The summed E-state index contributed by atoms with van der Waals surface area (Å²) >= 11 is 0. The first-order chi connectivity index (χ1) is 6.79. The summed E-state index contributed by atoms with van der Waals surface area (Å²) in [4.78, 5) is 0. The number of rotatable bonds is 2. The standard InChI is InChI=1S/C11H14O3/c1-2-13-11-6-3-8-7-9(12)4-5-10(8)14-11/h4-5,7,11-12H,2-3,6H2,1H3. The monoisotopic (exact) mass is 194 g/mol. The molecule has 1 N–H and O–H groups in total. The van der Waals surface area contributed by atoms with Crippen LogP contribution in [0.1, 0.15) is 18.9 Å². The SMILES string of the molecule is CCOC1CCc2cc(O)ccc2O1. The number of aryl methyl sites for hydroxylation is 1. The van der Waals surface area contributed by atoms with Crippen LogP contribution in [0.15, 0.2) is 18.2 Å². The van der Waals surface area contributed by atoms with Gasteiger partial charge in [-0.15, -0.1) is 0 Å². The lowest BCUT2D eigenvalue weighted by Crippen LogP contribution is -2.25. The van der Waals surface area contributed by atoms with Crippen LogP contribution in [0.4, 0.5) is 0 Å². The van der Waals surface area contributed by atoms with E-state index >= 15 is 0 Å². The summed E-state index contributed by atoms with van der Waals surface area (Å²) in [5.74, 6) is 1.12. The van der Waals surface area contributed by atoms with Gasteiger partial charge in [-0.2, -0.15) is 0 Å². The number of phenolic OH excluding ortho intramolecular Hbond substituents is 1. The molecule has 0 radical (unpaired) electrons. The molecule has 1 heterocycles. The van der Waals surface area contributed by atoms with Crippen LogP contribution >= 0.6 is 0 Å². The summed E-state index contributed by atoms with van der Waals surface area (Å²) in [5, 5.41) is 9.27. The summed E-state index contributed by atoms with van der Waals surface area (Å²) in [6.07, 6.45) is 1.62. The zero-order chi connectivity index (χ0) is 9.97. The van der Waals surface area contributed by atoms with Gasteiger partial charge in [0.1, 0.15) is 11.5 Å². The molecule has 0 spiro atoms. The van der Waals surface area contributed by atoms with Gasteiger partial charge in [-0.1, -0.05) is 0 Å². The zero-order valence-electron chi connectivity index (χ0n) is 8.19. The number of hydrogen-bond acceptors (Lipinski definition) is 3. The predicted molar refractivity (Wildman–Crippen MR) is 52.5 cm³/mol. The Kier molecular flexibility index (Phi) is 2.59. The van der Waals surface area contributed by atoms with Gasteiger partial charge in [0.05, 0.1) is 0 Å². The molecule has 1 aliphatic rings. The molecule has 0 saturated heterocycles. The average Bonchev–Trinajstić information content (AvgIpc) is 2.19. The molecule has 14 heavy (non-hydrogen) atoms. The quantitative estimate of drug-likeness (QED) is 0.783. The van der Waals surface area contributed by atoms with Crippen LogP contribution in [0.2, 0.25) is 0 Å². The highest BCUT2D eigenvalue weighted by Crippen LogP contribution is 2.30. The molecule has 1 aliphatic heterocycles. The van der Waals surface area contributed by atoms with E-state index in [4.69, 9.17) is 9.47 Å². The molecule has 0 fully saturated rings. The van der Waals surface area contributed by atoms with E-state index in [0.717, 1.165) is 24.2 Å². The molecule has 1 atom stereocenters. The zero-order valence-corrected chi connectivity index (χ0v) is 8.19. The first-order valence-electron chi connectivity index (χ1n) is 4.89. The molecule has 3 heteroatoms. The van der Waals surface area contributed by atoms with E-state index in [1.165, 1.54) is 0 Å². The molecule has 0 saturated carbocycles. The summed E-state index contributed by atoms with van der Waals surface area (Å²) in [5.41, 5.74) is 1.06. The Labute approximate surface area is 83.3 Å². The molecular weight excluding hydrogens is 180 g/mol. The minimum absolute atomic E-state index is 0.128. The van der Waals surface area contributed by atoms with Crippen LogP contribution in [0.5, 0.6) is 11.5 Å². The maximum Gasteiger partial charge on any atom is 0.200 e. The second-order valence-corrected chi connectivity index (χ2v) is 3.33. The highest BCUT2D eigenvalue weighted by molar-refractivity contribution is 5.40. The van der Waals surface area contributed by atoms with Gasteiger partial charge >= 0.3 is 0 Å². The molecule has 0 amide bonds. The molecule has 0 aliphatic carbocycles. The number of hydrogen-bond donors (Lipinski definition) is 1. The third-order valence-electron chi connectivity index (χ3n) is 2.30. The van der Waals surface area contributed by atoms with Crippen molar-refractivity contribution in [3.8, 4) is 11.5 Å². The van der Waals surface area contributed by atoms with Gasteiger partial charge in [-0.3, -0.25) is 0 Å². The maximum absolute atomic E-state index is 9.27. The Balaban J connectivity index is 2.15.